The van der Waals surface area contributed by atoms with E-state index in [4.69, 9.17) is 21.1 Å². The van der Waals surface area contributed by atoms with Gasteiger partial charge < -0.3 is 19.5 Å². The molecule has 25 heavy (non-hydrogen) atoms. The lowest BCUT2D eigenvalue weighted by atomic mass is 10.3. The summed E-state index contributed by atoms with van der Waals surface area (Å²) in [6, 6.07) is 9.45. The number of carbonyl (C=O) groups excluding carboxylic acids is 1. The normalized spacial score (nSPS) is 10.5. The minimum Gasteiger partial charge on any atom is -0.493 e. The second-order valence-corrected chi connectivity index (χ2v) is 5.92. The van der Waals surface area contributed by atoms with Crippen LogP contribution in [0.4, 0.5) is 14.5 Å². The average Bonchev–Trinajstić information content (AvgIpc) is 2.56. The zero-order valence-corrected chi connectivity index (χ0v) is 15.2. The van der Waals surface area contributed by atoms with Gasteiger partial charge in [0.1, 0.15) is 0 Å². The van der Waals surface area contributed by atoms with Gasteiger partial charge in [0.2, 0.25) is 0 Å². The van der Waals surface area contributed by atoms with Gasteiger partial charge in [-0.15, -0.1) is 0 Å². The fourth-order valence-electron chi connectivity index (χ4n) is 1.93. The molecule has 0 bridgehead atoms. The first-order chi connectivity index (χ1) is 11.9. The number of nitrogens with one attached hydrogen (secondary N) is 1. The van der Waals surface area contributed by atoms with Gasteiger partial charge in [-0.05, 0) is 40.2 Å². The first-order valence-electron chi connectivity index (χ1n) is 6.90. The van der Waals surface area contributed by atoms with Crippen LogP contribution in [0, 0.1) is 0 Å². The number of alkyl halides is 2. The van der Waals surface area contributed by atoms with Crippen molar-refractivity contribution in [2.45, 2.75) is 6.61 Å². The smallest absolute Gasteiger partial charge is 0.387 e. The number of hydrogen-bond donors (Lipinski definition) is 1. The Morgan fingerprint density at radius 2 is 1.96 bits per heavy atom. The van der Waals surface area contributed by atoms with Gasteiger partial charge in [0, 0.05) is 5.02 Å². The van der Waals surface area contributed by atoms with E-state index >= 15 is 0 Å². The zero-order valence-electron chi connectivity index (χ0n) is 12.9. The monoisotopic (exact) mass is 435 g/mol. The molecule has 0 aliphatic rings. The largest absolute Gasteiger partial charge is 0.493 e. The molecule has 2 aromatic rings. The predicted molar refractivity (Wildman–Crippen MR) is 92.9 cm³/mol. The van der Waals surface area contributed by atoms with Gasteiger partial charge in [-0.25, -0.2) is 0 Å². The van der Waals surface area contributed by atoms with Crippen LogP contribution in [-0.4, -0.2) is 26.2 Å². The molecular formula is C16H13BrClF2NO4. The Labute approximate surface area is 156 Å². The highest BCUT2D eigenvalue weighted by Gasteiger charge is 2.17. The molecule has 0 saturated carbocycles. The van der Waals surface area contributed by atoms with Crippen LogP contribution in [-0.2, 0) is 4.79 Å². The molecule has 134 valence electrons. The highest BCUT2D eigenvalue weighted by atomic mass is 79.9. The average molecular weight is 437 g/mol. The maximum atomic E-state index is 12.5. The van der Waals surface area contributed by atoms with Crippen LogP contribution >= 0.6 is 27.5 Å². The fourth-order valence-corrected chi connectivity index (χ4v) is 2.83. The molecule has 2 aromatic carbocycles. The van der Waals surface area contributed by atoms with Crippen molar-refractivity contribution < 1.29 is 27.8 Å². The summed E-state index contributed by atoms with van der Waals surface area (Å²) >= 11 is 8.95. The minimum atomic E-state index is -3.06. The van der Waals surface area contributed by atoms with Crippen molar-refractivity contribution in [2.24, 2.45) is 0 Å². The number of hydrogen-bond acceptors (Lipinski definition) is 4. The lowest BCUT2D eigenvalue weighted by molar-refractivity contribution is -0.118. The Morgan fingerprint density at radius 1 is 1.28 bits per heavy atom. The SMILES string of the molecule is COc1ccccc1OCC(=O)Nc1cc(Cl)cc(Br)c1OC(F)F. The minimum absolute atomic E-state index is 0.00620. The van der Waals surface area contributed by atoms with E-state index in [0.29, 0.717) is 11.5 Å². The van der Waals surface area contributed by atoms with E-state index in [-0.39, 0.29) is 27.5 Å². The van der Waals surface area contributed by atoms with Gasteiger partial charge >= 0.3 is 6.61 Å². The number of para-hydroxylation sites is 2. The van der Waals surface area contributed by atoms with Crippen LogP contribution in [0.25, 0.3) is 0 Å². The summed E-state index contributed by atoms with van der Waals surface area (Å²) in [5, 5.41) is 2.66. The van der Waals surface area contributed by atoms with Gasteiger partial charge in [0.25, 0.3) is 5.91 Å². The van der Waals surface area contributed by atoms with E-state index in [1.54, 1.807) is 24.3 Å². The Bertz CT molecular complexity index is 761. The summed E-state index contributed by atoms with van der Waals surface area (Å²) in [5.74, 6) is 0.0169. The molecule has 0 heterocycles. The quantitative estimate of drug-likeness (QED) is 0.682. The second-order valence-electron chi connectivity index (χ2n) is 4.63. The first-order valence-corrected chi connectivity index (χ1v) is 8.07. The summed E-state index contributed by atoms with van der Waals surface area (Å²) in [5.41, 5.74) is -0.00620. The van der Waals surface area contributed by atoms with Crippen LogP contribution in [0.3, 0.4) is 0 Å². The van der Waals surface area contributed by atoms with Crippen molar-refractivity contribution in [3.05, 3.63) is 45.9 Å². The van der Waals surface area contributed by atoms with Crippen LogP contribution in [0.2, 0.25) is 5.02 Å². The third kappa shape index (κ3) is 5.47. The lowest BCUT2D eigenvalue weighted by Crippen LogP contribution is -2.21. The van der Waals surface area contributed by atoms with Crippen LogP contribution in [0.1, 0.15) is 0 Å². The number of benzene rings is 2. The number of rotatable bonds is 7. The number of methoxy groups -OCH3 is 1. The number of halogens is 4. The highest BCUT2D eigenvalue weighted by molar-refractivity contribution is 9.10. The van der Waals surface area contributed by atoms with Crippen molar-refractivity contribution in [3.63, 3.8) is 0 Å². The van der Waals surface area contributed by atoms with Gasteiger partial charge in [0.15, 0.2) is 23.9 Å². The Morgan fingerprint density at radius 3 is 2.60 bits per heavy atom. The molecule has 0 aliphatic heterocycles. The molecule has 9 heteroatoms. The molecule has 0 saturated heterocycles. The fraction of sp³-hybridized carbons (Fsp3) is 0.188. The third-order valence-electron chi connectivity index (χ3n) is 2.92. The van der Waals surface area contributed by atoms with Crippen LogP contribution < -0.4 is 19.5 Å². The second kappa shape index (κ2) is 8.87. The Kier molecular flexibility index (Phi) is 6.83. The van der Waals surface area contributed by atoms with Crippen molar-refractivity contribution >= 4 is 39.1 Å². The van der Waals surface area contributed by atoms with E-state index in [1.165, 1.54) is 19.2 Å². The van der Waals surface area contributed by atoms with E-state index < -0.39 is 12.5 Å². The molecule has 2 rings (SSSR count). The number of carbonyl (C=O) groups is 1. The summed E-state index contributed by atoms with van der Waals surface area (Å²) in [6.45, 7) is -3.42. The van der Waals surface area contributed by atoms with Crippen LogP contribution in [0.5, 0.6) is 17.2 Å². The maximum absolute atomic E-state index is 12.5. The van der Waals surface area contributed by atoms with Crippen molar-refractivity contribution in [3.8, 4) is 17.2 Å². The number of anilines is 1. The number of ether oxygens (including phenoxy) is 3. The predicted octanol–water partition coefficient (Wildman–Crippen LogP) is 4.73. The summed E-state index contributed by atoms with van der Waals surface area (Å²) in [4.78, 5) is 12.1. The van der Waals surface area contributed by atoms with Gasteiger partial charge in [-0.2, -0.15) is 8.78 Å². The number of amides is 1. The van der Waals surface area contributed by atoms with E-state index in [0.717, 1.165) is 0 Å². The molecule has 0 atom stereocenters. The lowest BCUT2D eigenvalue weighted by Gasteiger charge is -2.15. The zero-order chi connectivity index (χ0) is 18.4. The topological polar surface area (TPSA) is 56.8 Å². The molecule has 0 fully saturated rings. The maximum Gasteiger partial charge on any atom is 0.387 e. The van der Waals surface area contributed by atoms with Crippen molar-refractivity contribution in [2.75, 3.05) is 19.0 Å². The first kappa shape index (κ1) is 19.3. The molecular weight excluding hydrogens is 424 g/mol. The summed E-state index contributed by atoms with van der Waals surface area (Å²) in [7, 11) is 1.47. The van der Waals surface area contributed by atoms with Crippen molar-refractivity contribution in [1.82, 2.24) is 0 Å². The molecule has 0 spiro atoms. The molecule has 0 radical (unpaired) electrons. The van der Waals surface area contributed by atoms with E-state index in [9.17, 15) is 13.6 Å². The third-order valence-corrected chi connectivity index (χ3v) is 3.72. The standard InChI is InChI=1S/C16H13BrClF2NO4/c1-23-12-4-2-3-5-13(12)24-8-14(22)21-11-7-9(18)6-10(17)15(11)25-16(19)20/h2-7,16H,8H2,1H3,(H,21,22). The highest BCUT2D eigenvalue weighted by Crippen LogP contribution is 2.37. The molecule has 1 amide bonds. The molecule has 0 aliphatic carbocycles. The van der Waals surface area contributed by atoms with Gasteiger partial charge in [0.05, 0.1) is 17.3 Å². The van der Waals surface area contributed by atoms with Crippen molar-refractivity contribution in [1.29, 1.82) is 0 Å². The molecule has 0 aromatic heterocycles. The molecule has 0 unspecified atom stereocenters. The van der Waals surface area contributed by atoms with E-state index in [2.05, 4.69) is 26.0 Å². The van der Waals surface area contributed by atoms with Gasteiger partial charge in [-0.1, -0.05) is 23.7 Å². The Hall–Kier alpha value is -2.06. The Balaban J connectivity index is 2.10. The summed E-state index contributed by atoms with van der Waals surface area (Å²) in [6.07, 6.45) is 0. The van der Waals surface area contributed by atoms with Crippen LogP contribution in [0.15, 0.2) is 40.9 Å². The van der Waals surface area contributed by atoms with E-state index in [1.807, 2.05) is 0 Å². The molecule has 1 N–H and O–H groups in total. The molecule has 5 nitrogen and oxygen atoms in total. The summed E-state index contributed by atoms with van der Waals surface area (Å²) < 4.78 is 40.2. The van der Waals surface area contributed by atoms with Gasteiger partial charge in [-0.3, -0.25) is 4.79 Å².